The van der Waals surface area contributed by atoms with Crippen LogP contribution in [0.4, 0.5) is 0 Å². The van der Waals surface area contributed by atoms with E-state index >= 15 is 0 Å². The number of hydrogen-bond donors (Lipinski definition) is 2. The van der Waals surface area contributed by atoms with E-state index in [0.717, 1.165) is 42.7 Å². The topological polar surface area (TPSA) is 71.7 Å². The summed E-state index contributed by atoms with van der Waals surface area (Å²) in [4.78, 5) is 4.58. The van der Waals surface area contributed by atoms with Crippen molar-refractivity contribution in [2.45, 2.75) is 59.6 Å². The summed E-state index contributed by atoms with van der Waals surface area (Å²) in [6.07, 6.45) is 1.10. The van der Waals surface area contributed by atoms with E-state index < -0.39 is 0 Å². The average Bonchev–Trinajstić information content (AvgIpc) is 3.10. The second-order valence-electron chi connectivity index (χ2n) is 7.06. The van der Waals surface area contributed by atoms with Crippen LogP contribution in [0.15, 0.2) is 39.8 Å². The summed E-state index contributed by atoms with van der Waals surface area (Å²) >= 11 is 0. The van der Waals surface area contributed by atoms with E-state index in [1.54, 1.807) is 0 Å². The standard InChI is InChI=1S/C21H32N4O2.HI/c1-6-22-21(24-14-19-13-20(15(2)3)25-27-19)23-12-11-17-7-9-18(10-8-17)26-16(4)5;/h7-10,13,15-16H,6,11-12,14H2,1-5H3,(H2,22,23,24);1H. The fourth-order valence-electron chi connectivity index (χ4n) is 2.51. The molecule has 0 aliphatic rings. The Balaban J connectivity index is 0.00000392. The van der Waals surface area contributed by atoms with E-state index in [2.05, 4.69) is 53.7 Å². The van der Waals surface area contributed by atoms with Gasteiger partial charge in [-0.1, -0.05) is 31.1 Å². The molecule has 0 unspecified atom stereocenters. The van der Waals surface area contributed by atoms with Crippen LogP contribution in [0.5, 0.6) is 5.75 Å². The van der Waals surface area contributed by atoms with Crippen molar-refractivity contribution in [2.75, 3.05) is 13.1 Å². The molecule has 28 heavy (non-hydrogen) atoms. The summed E-state index contributed by atoms with van der Waals surface area (Å²) in [7, 11) is 0. The number of rotatable bonds is 9. The molecule has 0 spiro atoms. The maximum absolute atomic E-state index is 5.68. The van der Waals surface area contributed by atoms with Gasteiger partial charge in [0.15, 0.2) is 11.7 Å². The minimum Gasteiger partial charge on any atom is -0.491 e. The van der Waals surface area contributed by atoms with Crippen molar-refractivity contribution in [1.82, 2.24) is 15.8 Å². The molecule has 0 amide bonds. The lowest BCUT2D eigenvalue weighted by atomic mass is 10.1. The Bertz CT molecular complexity index is 711. The van der Waals surface area contributed by atoms with Gasteiger partial charge in [0, 0.05) is 19.2 Å². The molecule has 2 rings (SSSR count). The second-order valence-corrected chi connectivity index (χ2v) is 7.06. The maximum atomic E-state index is 5.68. The Labute approximate surface area is 185 Å². The molecule has 0 saturated heterocycles. The first-order valence-corrected chi connectivity index (χ1v) is 9.71. The molecule has 0 fully saturated rings. The minimum absolute atomic E-state index is 0. The number of hydrogen-bond acceptors (Lipinski definition) is 4. The molecule has 7 heteroatoms. The fraction of sp³-hybridized carbons (Fsp3) is 0.524. The molecule has 6 nitrogen and oxygen atoms in total. The van der Waals surface area contributed by atoms with Crippen LogP contribution >= 0.6 is 24.0 Å². The Hall–Kier alpha value is -1.77. The molecule has 0 radical (unpaired) electrons. The molecule has 2 aromatic rings. The van der Waals surface area contributed by atoms with Crippen LogP contribution in [0, 0.1) is 0 Å². The normalized spacial score (nSPS) is 11.5. The van der Waals surface area contributed by atoms with Crippen molar-refractivity contribution in [3.05, 3.63) is 47.3 Å². The molecule has 0 aliphatic heterocycles. The zero-order valence-corrected chi connectivity index (χ0v) is 19.8. The molecule has 1 heterocycles. The van der Waals surface area contributed by atoms with E-state index in [9.17, 15) is 0 Å². The molecule has 0 saturated carbocycles. The lowest BCUT2D eigenvalue weighted by molar-refractivity contribution is 0.242. The quantitative estimate of drug-likeness (QED) is 0.302. The van der Waals surface area contributed by atoms with Crippen molar-refractivity contribution in [3.8, 4) is 5.75 Å². The maximum Gasteiger partial charge on any atom is 0.191 e. The van der Waals surface area contributed by atoms with E-state index in [0.29, 0.717) is 12.5 Å². The molecule has 0 atom stereocenters. The number of ether oxygens (including phenoxy) is 1. The fourth-order valence-corrected chi connectivity index (χ4v) is 2.51. The Morgan fingerprint density at radius 3 is 2.43 bits per heavy atom. The first-order valence-electron chi connectivity index (χ1n) is 9.71. The molecule has 2 N–H and O–H groups in total. The molecule has 1 aromatic heterocycles. The van der Waals surface area contributed by atoms with Gasteiger partial charge in [-0.15, -0.1) is 24.0 Å². The van der Waals surface area contributed by atoms with Crippen molar-refractivity contribution in [3.63, 3.8) is 0 Å². The number of aromatic nitrogens is 1. The Kier molecular flexibility index (Phi) is 11.0. The van der Waals surface area contributed by atoms with E-state index in [1.807, 2.05) is 32.0 Å². The molecular formula is C21H33IN4O2. The minimum atomic E-state index is 0. The molecule has 156 valence electrons. The SMILES string of the molecule is CCNC(=NCc1cc(C(C)C)no1)NCCc1ccc(OC(C)C)cc1.I. The van der Waals surface area contributed by atoms with Crippen molar-refractivity contribution in [2.24, 2.45) is 4.99 Å². The second kappa shape index (κ2) is 12.6. The number of halogens is 1. The van der Waals surface area contributed by atoms with Crippen LogP contribution in [0.25, 0.3) is 0 Å². The van der Waals surface area contributed by atoms with Gasteiger partial charge in [-0.25, -0.2) is 4.99 Å². The van der Waals surface area contributed by atoms with Gasteiger partial charge in [-0.2, -0.15) is 0 Å². The molecule has 0 aliphatic carbocycles. The van der Waals surface area contributed by atoms with Crippen LogP contribution in [0.2, 0.25) is 0 Å². The lowest BCUT2D eigenvalue weighted by Crippen LogP contribution is -2.38. The van der Waals surface area contributed by atoms with Gasteiger partial charge in [0.05, 0.1) is 11.8 Å². The summed E-state index contributed by atoms with van der Waals surface area (Å²) in [6.45, 7) is 12.4. The van der Waals surface area contributed by atoms with Gasteiger partial charge >= 0.3 is 0 Å². The molecule has 0 bridgehead atoms. The third-order valence-electron chi connectivity index (χ3n) is 3.91. The Morgan fingerprint density at radius 2 is 1.86 bits per heavy atom. The number of benzene rings is 1. The van der Waals surface area contributed by atoms with E-state index in [4.69, 9.17) is 9.26 Å². The summed E-state index contributed by atoms with van der Waals surface area (Å²) in [6, 6.07) is 10.2. The summed E-state index contributed by atoms with van der Waals surface area (Å²) in [5.41, 5.74) is 2.22. The van der Waals surface area contributed by atoms with Crippen LogP contribution in [-0.2, 0) is 13.0 Å². The first kappa shape index (κ1) is 24.3. The largest absolute Gasteiger partial charge is 0.491 e. The third kappa shape index (κ3) is 8.50. The van der Waals surface area contributed by atoms with E-state index in [-0.39, 0.29) is 30.1 Å². The smallest absolute Gasteiger partial charge is 0.191 e. The van der Waals surface area contributed by atoms with Gasteiger partial charge in [0.2, 0.25) is 0 Å². The predicted molar refractivity (Wildman–Crippen MR) is 125 cm³/mol. The number of nitrogens with one attached hydrogen (secondary N) is 2. The highest BCUT2D eigenvalue weighted by atomic mass is 127. The van der Waals surface area contributed by atoms with E-state index in [1.165, 1.54) is 5.56 Å². The average molecular weight is 500 g/mol. The zero-order chi connectivity index (χ0) is 19.6. The highest BCUT2D eigenvalue weighted by Gasteiger charge is 2.07. The predicted octanol–water partition coefficient (Wildman–Crippen LogP) is 4.50. The monoisotopic (exact) mass is 500 g/mol. The Morgan fingerprint density at radius 1 is 1.14 bits per heavy atom. The van der Waals surface area contributed by atoms with Gasteiger partial charge in [-0.3, -0.25) is 0 Å². The van der Waals surface area contributed by atoms with Gasteiger partial charge in [0.1, 0.15) is 12.3 Å². The van der Waals surface area contributed by atoms with Crippen LogP contribution in [-0.4, -0.2) is 30.3 Å². The van der Waals surface area contributed by atoms with Crippen LogP contribution < -0.4 is 15.4 Å². The third-order valence-corrected chi connectivity index (χ3v) is 3.91. The van der Waals surface area contributed by atoms with Crippen molar-refractivity contribution in [1.29, 1.82) is 0 Å². The van der Waals surface area contributed by atoms with Crippen LogP contribution in [0.3, 0.4) is 0 Å². The summed E-state index contributed by atoms with van der Waals surface area (Å²) in [5.74, 6) is 2.82. The van der Waals surface area contributed by atoms with Gasteiger partial charge in [0.25, 0.3) is 0 Å². The number of aliphatic imine (C=N–C) groups is 1. The van der Waals surface area contributed by atoms with Gasteiger partial charge in [-0.05, 0) is 50.8 Å². The highest BCUT2D eigenvalue weighted by molar-refractivity contribution is 14.0. The van der Waals surface area contributed by atoms with Crippen LogP contribution in [0.1, 0.15) is 57.6 Å². The first-order chi connectivity index (χ1) is 13.0. The zero-order valence-electron chi connectivity index (χ0n) is 17.5. The summed E-state index contributed by atoms with van der Waals surface area (Å²) in [5, 5.41) is 10.7. The highest BCUT2D eigenvalue weighted by Crippen LogP contribution is 2.15. The van der Waals surface area contributed by atoms with Gasteiger partial charge < -0.3 is 19.9 Å². The molecule has 1 aromatic carbocycles. The van der Waals surface area contributed by atoms with Crippen molar-refractivity contribution < 1.29 is 9.26 Å². The lowest BCUT2D eigenvalue weighted by Gasteiger charge is -2.12. The number of nitrogens with zero attached hydrogens (tertiary/aromatic N) is 2. The number of guanidine groups is 1. The van der Waals surface area contributed by atoms with Crippen molar-refractivity contribution >= 4 is 29.9 Å². The summed E-state index contributed by atoms with van der Waals surface area (Å²) < 4.78 is 11.0. The molecular weight excluding hydrogens is 467 g/mol.